The topological polar surface area (TPSA) is 96.0 Å². The van der Waals surface area contributed by atoms with Crippen LogP contribution in [0.2, 0.25) is 15.1 Å². The number of anilines is 1. The minimum atomic E-state index is -4.29. The predicted molar refractivity (Wildman–Crippen MR) is 174 cm³/mol. The molecule has 4 aromatic carbocycles. The molecule has 1 N–H and O–H groups in total. The Hall–Kier alpha value is -3.76. The van der Waals surface area contributed by atoms with Gasteiger partial charge in [0, 0.05) is 35.1 Å². The second kappa shape index (κ2) is 14.8. The third-order valence-corrected chi connectivity index (χ3v) is 9.51. The number of nitrogens with one attached hydrogen (secondary N) is 1. The monoisotopic (exact) mass is 673 g/mol. The Bertz CT molecular complexity index is 1720. The lowest BCUT2D eigenvalue weighted by Gasteiger charge is -2.33. The molecule has 0 saturated carbocycles. The van der Waals surface area contributed by atoms with Crippen molar-refractivity contribution in [2.45, 2.75) is 23.9 Å². The van der Waals surface area contributed by atoms with Crippen molar-refractivity contribution < 1.29 is 22.7 Å². The molecular formula is C32H30Cl3N3O5S. The lowest BCUT2D eigenvalue weighted by atomic mass is 10.0. The lowest BCUT2D eigenvalue weighted by molar-refractivity contribution is -0.139. The third-order valence-electron chi connectivity index (χ3n) is 6.90. The molecule has 1 atom stereocenters. The summed E-state index contributed by atoms with van der Waals surface area (Å²) in [5.41, 5.74) is 1.50. The lowest BCUT2D eigenvalue weighted by Crippen LogP contribution is -2.53. The fourth-order valence-electron chi connectivity index (χ4n) is 4.59. The Labute approximate surface area is 272 Å². The smallest absolute Gasteiger partial charge is 0.264 e. The normalized spacial score (nSPS) is 11.8. The molecule has 44 heavy (non-hydrogen) atoms. The Morgan fingerprint density at radius 2 is 1.55 bits per heavy atom. The second-order valence-corrected chi connectivity index (χ2v) is 12.9. The van der Waals surface area contributed by atoms with Gasteiger partial charge in [0.15, 0.2) is 0 Å². The van der Waals surface area contributed by atoms with E-state index in [1.807, 2.05) is 30.3 Å². The quantitative estimate of drug-likeness (QED) is 0.192. The maximum absolute atomic E-state index is 14.3. The van der Waals surface area contributed by atoms with Gasteiger partial charge in [-0.15, -0.1) is 0 Å². The first-order valence-corrected chi connectivity index (χ1v) is 16.0. The van der Waals surface area contributed by atoms with Gasteiger partial charge in [-0.2, -0.15) is 0 Å². The summed E-state index contributed by atoms with van der Waals surface area (Å²) < 4.78 is 34.3. The van der Waals surface area contributed by atoms with Crippen molar-refractivity contribution in [3.05, 3.63) is 123 Å². The van der Waals surface area contributed by atoms with Crippen molar-refractivity contribution in [3.63, 3.8) is 0 Å². The van der Waals surface area contributed by atoms with E-state index in [9.17, 15) is 18.0 Å². The Kier molecular flexibility index (Phi) is 11.2. The van der Waals surface area contributed by atoms with Gasteiger partial charge in [-0.05, 0) is 65.7 Å². The van der Waals surface area contributed by atoms with E-state index in [1.54, 1.807) is 36.4 Å². The van der Waals surface area contributed by atoms with Crippen LogP contribution in [0.15, 0.2) is 102 Å². The fourth-order valence-corrected chi connectivity index (χ4v) is 6.65. The number of likely N-dealkylation sites (N-methyl/N-ethyl adjacent to an activating group) is 1. The average molecular weight is 675 g/mol. The molecule has 0 aliphatic rings. The van der Waals surface area contributed by atoms with E-state index in [0.29, 0.717) is 21.4 Å². The highest BCUT2D eigenvalue weighted by molar-refractivity contribution is 7.92. The number of amides is 2. The van der Waals surface area contributed by atoms with Gasteiger partial charge < -0.3 is 15.0 Å². The molecule has 0 aliphatic heterocycles. The van der Waals surface area contributed by atoms with Crippen molar-refractivity contribution in [1.82, 2.24) is 10.2 Å². The number of carbonyl (C=O) groups is 2. The van der Waals surface area contributed by atoms with Crippen molar-refractivity contribution in [2.75, 3.05) is 25.0 Å². The molecule has 4 rings (SSSR count). The molecule has 230 valence electrons. The van der Waals surface area contributed by atoms with Crippen LogP contribution >= 0.6 is 34.8 Å². The number of methoxy groups -OCH3 is 1. The summed E-state index contributed by atoms with van der Waals surface area (Å²) in [4.78, 5) is 29.0. The molecule has 0 saturated heterocycles. The van der Waals surface area contributed by atoms with Crippen molar-refractivity contribution >= 4 is 62.3 Å². The van der Waals surface area contributed by atoms with Gasteiger partial charge in [-0.25, -0.2) is 8.42 Å². The SMILES string of the molecule is CNC(=O)C(Cc1ccccc1)N(Cc1ccc(Cl)cc1Cl)C(=O)CN(c1cccc(Cl)c1)S(=O)(=O)c1ccc(OC)cc1. The molecule has 0 heterocycles. The molecule has 1 unspecified atom stereocenters. The summed E-state index contributed by atoms with van der Waals surface area (Å²) in [6.07, 6.45) is 0.167. The first-order chi connectivity index (χ1) is 21.0. The zero-order valence-corrected chi connectivity index (χ0v) is 27.0. The van der Waals surface area contributed by atoms with Crippen LogP contribution in [0.5, 0.6) is 5.75 Å². The van der Waals surface area contributed by atoms with Crippen LogP contribution in [0.1, 0.15) is 11.1 Å². The molecular weight excluding hydrogens is 645 g/mol. The van der Waals surface area contributed by atoms with E-state index in [-0.39, 0.29) is 28.6 Å². The second-order valence-electron chi connectivity index (χ2n) is 9.74. The van der Waals surface area contributed by atoms with Gasteiger partial charge in [0.2, 0.25) is 11.8 Å². The molecule has 2 amide bonds. The summed E-state index contributed by atoms with van der Waals surface area (Å²) in [7, 11) is -1.34. The van der Waals surface area contributed by atoms with Crippen LogP contribution in [0.25, 0.3) is 0 Å². The predicted octanol–water partition coefficient (Wildman–Crippen LogP) is 6.24. The first-order valence-electron chi connectivity index (χ1n) is 13.4. The number of hydrogen-bond donors (Lipinski definition) is 1. The van der Waals surface area contributed by atoms with Gasteiger partial charge >= 0.3 is 0 Å². The van der Waals surface area contributed by atoms with Crippen LogP contribution in [-0.2, 0) is 32.6 Å². The van der Waals surface area contributed by atoms with Gasteiger partial charge in [0.25, 0.3) is 10.0 Å². The van der Waals surface area contributed by atoms with Gasteiger partial charge in [-0.3, -0.25) is 13.9 Å². The van der Waals surface area contributed by atoms with E-state index in [4.69, 9.17) is 39.5 Å². The molecule has 4 aromatic rings. The number of rotatable bonds is 12. The highest BCUT2D eigenvalue weighted by Gasteiger charge is 2.34. The van der Waals surface area contributed by atoms with E-state index >= 15 is 0 Å². The average Bonchev–Trinajstić information content (AvgIpc) is 3.02. The van der Waals surface area contributed by atoms with Crippen molar-refractivity contribution in [2.24, 2.45) is 0 Å². The maximum atomic E-state index is 14.3. The van der Waals surface area contributed by atoms with Crippen LogP contribution in [0.3, 0.4) is 0 Å². The number of benzene rings is 4. The van der Waals surface area contributed by atoms with Crippen molar-refractivity contribution in [1.29, 1.82) is 0 Å². The largest absolute Gasteiger partial charge is 0.497 e. The zero-order valence-electron chi connectivity index (χ0n) is 23.9. The third kappa shape index (κ3) is 8.04. The first kappa shape index (κ1) is 33.1. The standard InChI is InChI=1S/C32H30Cl3N3O5S/c1-36-32(40)30(17-22-7-4-3-5-8-22)37(20-23-11-12-25(34)19-29(23)35)31(39)21-38(26-10-6-9-24(33)18-26)44(41,42)28-15-13-27(43-2)14-16-28/h3-16,18-19,30H,17,20-21H2,1-2H3,(H,36,40). The highest BCUT2D eigenvalue weighted by atomic mass is 35.5. The fraction of sp³-hybridized carbons (Fsp3) is 0.188. The number of nitrogens with zero attached hydrogens (tertiary/aromatic N) is 2. The number of sulfonamides is 1. The molecule has 0 fully saturated rings. The molecule has 0 aliphatic carbocycles. The van der Waals surface area contributed by atoms with Crippen LogP contribution < -0.4 is 14.4 Å². The molecule has 8 nitrogen and oxygen atoms in total. The van der Waals surface area contributed by atoms with E-state index in [2.05, 4.69) is 5.32 Å². The molecule has 0 spiro atoms. The van der Waals surface area contributed by atoms with Gasteiger partial charge in [-0.1, -0.05) is 77.3 Å². The van der Waals surface area contributed by atoms with Crippen LogP contribution in [0, 0.1) is 0 Å². The Balaban J connectivity index is 1.80. The molecule has 0 bridgehead atoms. The number of halogens is 3. The highest BCUT2D eigenvalue weighted by Crippen LogP contribution is 2.29. The Morgan fingerprint density at radius 3 is 2.16 bits per heavy atom. The van der Waals surface area contributed by atoms with Crippen molar-refractivity contribution in [3.8, 4) is 5.75 Å². The van der Waals surface area contributed by atoms with E-state index in [0.717, 1.165) is 9.87 Å². The van der Waals surface area contributed by atoms with Crippen LogP contribution in [-0.4, -0.2) is 51.9 Å². The summed E-state index contributed by atoms with van der Waals surface area (Å²) in [6.45, 7) is -0.728. The number of carbonyl (C=O) groups excluding carboxylic acids is 2. The summed E-state index contributed by atoms with van der Waals surface area (Å²) in [5.74, 6) is -0.605. The van der Waals surface area contributed by atoms with E-state index < -0.39 is 34.4 Å². The number of ether oxygens (including phenoxy) is 1. The summed E-state index contributed by atoms with van der Waals surface area (Å²) >= 11 is 18.9. The zero-order chi connectivity index (χ0) is 31.9. The Morgan fingerprint density at radius 1 is 0.864 bits per heavy atom. The summed E-state index contributed by atoms with van der Waals surface area (Å²) in [5, 5.41) is 3.62. The van der Waals surface area contributed by atoms with E-state index in [1.165, 1.54) is 49.4 Å². The van der Waals surface area contributed by atoms with Gasteiger partial charge in [0.05, 0.1) is 17.7 Å². The minimum absolute atomic E-state index is 0.0643. The molecule has 12 heteroatoms. The molecule has 0 aromatic heterocycles. The minimum Gasteiger partial charge on any atom is -0.497 e. The number of hydrogen-bond acceptors (Lipinski definition) is 5. The summed E-state index contributed by atoms with van der Waals surface area (Å²) in [6, 6.07) is 25.0. The maximum Gasteiger partial charge on any atom is 0.264 e. The van der Waals surface area contributed by atoms with Gasteiger partial charge in [0.1, 0.15) is 18.3 Å². The molecule has 0 radical (unpaired) electrons. The van der Waals surface area contributed by atoms with Crippen LogP contribution in [0.4, 0.5) is 5.69 Å².